The summed E-state index contributed by atoms with van der Waals surface area (Å²) >= 11 is -2.05. The highest BCUT2D eigenvalue weighted by molar-refractivity contribution is 7.79. The van der Waals surface area contributed by atoms with Gasteiger partial charge in [-0.15, -0.1) is 0 Å². The van der Waals surface area contributed by atoms with Crippen LogP contribution in [0, 0.1) is 0 Å². The van der Waals surface area contributed by atoms with Crippen LogP contribution in [0.3, 0.4) is 0 Å². The summed E-state index contributed by atoms with van der Waals surface area (Å²) in [5.74, 6) is 0.422. The van der Waals surface area contributed by atoms with E-state index in [0.717, 1.165) is 11.1 Å². The molecule has 1 atom stereocenters. The number of hydrogen-bond acceptors (Lipinski definition) is 2. The molecule has 1 unspecified atom stereocenters. The highest BCUT2D eigenvalue weighted by atomic mass is 32.2. The second kappa shape index (κ2) is 5.12. The molecule has 0 aliphatic heterocycles. The Morgan fingerprint density at radius 3 is 2.35 bits per heavy atom. The van der Waals surface area contributed by atoms with Crippen LogP contribution in [-0.2, 0) is 11.1 Å². The summed E-state index contributed by atoms with van der Waals surface area (Å²) in [6.45, 7) is 0. The normalized spacial score (nSPS) is 12.1. The molecule has 17 heavy (non-hydrogen) atoms. The summed E-state index contributed by atoms with van der Waals surface area (Å²) in [5, 5.41) is 0. The Bertz CT molecular complexity index is 538. The average molecular weight is 248 g/mol. The molecule has 0 aliphatic rings. The first-order valence-electron chi connectivity index (χ1n) is 5.06. The van der Waals surface area contributed by atoms with Gasteiger partial charge in [-0.05, 0) is 23.3 Å². The van der Waals surface area contributed by atoms with Gasteiger partial charge in [0, 0.05) is 0 Å². The van der Waals surface area contributed by atoms with Gasteiger partial charge >= 0.3 is 0 Å². The predicted molar refractivity (Wildman–Crippen MR) is 67.5 cm³/mol. The van der Waals surface area contributed by atoms with Crippen LogP contribution < -0.4 is 4.74 Å². The molecule has 0 fully saturated rings. The van der Waals surface area contributed by atoms with Crippen LogP contribution in [0.2, 0.25) is 0 Å². The number of methoxy groups -OCH3 is 1. The summed E-state index contributed by atoms with van der Waals surface area (Å²) in [4.78, 5) is 0.286. The van der Waals surface area contributed by atoms with Gasteiger partial charge in [0.25, 0.3) is 0 Å². The van der Waals surface area contributed by atoms with Crippen LogP contribution in [0.25, 0.3) is 11.1 Å². The zero-order valence-corrected chi connectivity index (χ0v) is 10.1. The van der Waals surface area contributed by atoms with Crippen molar-refractivity contribution in [2.45, 2.75) is 4.90 Å². The fourth-order valence-electron chi connectivity index (χ4n) is 1.62. The third-order valence-corrected chi connectivity index (χ3v) is 3.15. The standard InChI is InChI=1S/C13H12O3S/c1-16-12-8-7-11(9-13(12)17(14)15)10-5-3-2-4-6-10/h2-9H,1H3,(H,14,15). The first-order valence-corrected chi connectivity index (χ1v) is 6.17. The van der Waals surface area contributed by atoms with Gasteiger partial charge in [0.15, 0.2) is 11.1 Å². The van der Waals surface area contributed by atoms with E-state index in [0.29, 0.717) is 5.75 Å². The zero-order valence-electron chi connectivity index (χ0n) is 9.29. The van der Waals surface area contributed by atoms with E-state index >= 15 is 0 Å². The molecule has 0 amide bonds. The molecule has 0 saturated carbocycles. The molecule has 2 aromatic rings. The largest absolute Gasteiger partial charge is 0.495 e. The smallest absolute Gasteiger partial charge is 0.190 e. The second-order valence-corrected chi connectivity index (χ2v) is 4.42. The van der Waals surface area contributed by atoms with Gasteiger partial charge in [-0.3, -0.25) is 0 Å². The van der Waals surface area contributed by atoms with Crippen molar-refractivity contribution in [3.63, 3.8) is 0 Å². The molecule has 2 rings (SSSR count). The molecule has 0 bridgehead atoms. The van der Waals surface area contributed by atoms with Gasteiger partial charge in [-0.2, -0.15) is 0 Å². The van der Waals surface area contributed by atoms with Crippen LogP contribution in [0.15, 0.2) is 53.4 Å². The molecule has 0 radical (unpaired) electrons. The summed E-state index contributed by atoms with van der Waals surface area (Å²) in [6.07, 6.45) is 0. The summed E-state index contributed by atoms with van der Waals surface area (Å²) in [5.41, 5.74) is 1.89. The molecule has 0 aliphatic carbocycles. The predicted octanol–water partition coefficient (Wildman–Crippen LogP) is 2.94. The first-order chi connectivity index (χ1) is 8.22. The van der Waals surface area contributed by atoms with Gasteiger partial charge in [-0.1, -0.05) is 36.4 Å². The van der Waals surface area contributed by atoms with E-state index in [1.807, 2.05) is 36.4 Å². The minimum absolute atomic E-state index is 0.286. The summed E-state index contributed by atoms with van der Waals surface area (Å²) in [7, 11) is 1.48. The second-order valence-electron chi connectivity index (χ2n) is 3.48. The Morgan fingerprint density at radius 1 is 1.06 bits per heavy atom. The molecule has 0 spiro atoms. The van der Waals surface area contributed by atoms with E-state index in [-0.39, 0.29) is 4.90 Å². The van der Waals surface area contributed by atoms with Crippen molar-refractivity contribution in [1.82, 2.24) is 0 Å². The van der Waals surface area contributed by atoms with E-state index < -0.39 is 11.1 Å². The highest BCUT2D eigenvalue weighted by Crippen LogP contribution is 2.28. The maximum absolute atomic E-state index is 11.2. The van der Waals surface area contributed by atoms with E-state index in [2.05, 4.69) is 0 Å². The Hall–Kier alpha value is -1.65. The summed E-state index contributed by atoms with van der Waals surface area (Å²) < 4.78 is 25.4. The van der Waals surface area contributed by atoms with Crippen molar-refractivity contribution in [2.75, 3.05) is 7.11 Å². The number of rotatable bonds is 3. The van der Waals surface area contributed by atoms with E-state index in [1.165, 1.54) is 7.11 Å². The molecule has 2 aromatic carbocycles. The molecule has 4 heteroatoms. The molecule has 88 valence electrons. The number of benzene rings is 2. The Kier molecular flexibility index (Phi) is 3.56. The third-order valence-electron chi connectivity index (χ3n) is 2.46. The lowest BCUT2D eigenvalue weighted by molar-refractivity contribution is 0.402. The lowest BCUT2D eigenvalue weighted by Crippen LogP contribution is -1.95. The van der Waals surface area contributed by atoms with Gasteiger partial charge in [0.2, 0.25) is 0 Å². The Balaban J connectivity index is 2.51. The minimum Gasteiger partial charge on any atom is -0.495 e. The quantitative estimate of drug-likeness (QED) is 0.849. The number of ether oxygens (including phenoxy) is 1. The average Bonchev–Trinajstić information content (AvgIpc) is 2.39. The number of hydrogen-bond donors (Lipinski definition) is 1. The van der Waals surface area contributed by atoms with Crippen molar-refractivity contribution in [1.29, 1.82) is 0 Å². The van der Waals surface area contributed by atoms with E-state index in [9.17, 15) is 8.76 Å². The Labute approximate surface area is 102 Å². The monoisotopic (exact) mass is 248 g/mol. The molecule has 3 nitrogen and oxygen atoms in total. The molecule has 0 heterocycles. The molecular formula is C13H12O3S. The van der Waals surface area contributed by atoms with Crippen molar-refractivity contribution >= 4 is 11.1 Å². The van der Waals surface area contributed by atoms with Gasteiger partial charge in [0.1, 0.15) is 10.6 Å². The summed E-state index contributed by atoms with van der Waals surface area (Å²) in [6, 6.07) is 14.9. The molecule has 0 saturated heterocycles. The maximum Gasteiger partial charge on any atom is 0.190 e. The van der Waals surface area contributed by atoms with Crippen LogP contribution in [-0.4, -0.2) is 15.9 Å². The SMILES string of the molecule is COc1ccc(-c2ccccc2)cc1S(=O)O. The molecule has 0 aromatic heterocycles. The van der Waals surface area contributed by atoms with Crippen LogP contribution in [0.5, 0.6) is 5.75 Å². The van der Waals surface area contributed by atoms with Crippen LogP contribution in [0.4, 0.5) is 0 Å². The van der Waals surface area contributed by atoms with Gasteiger partial charge in [0.05, 0.1) is 7.11 Å². The van der Waals surface area contributed by atoms with Gasteiger partial charge in [-0.25, -0.2) is 4.21 Å². The fraction of sp³-hybridized carbons (Fsp3) is 0.0769. The maximum atomic E-state index is 11.2. The van der Waals surface area contributed by atoms with Crippen molar-refractivity contribution < 1.29 is 13.5 Å². The fourth-order valence-corrected chi connectivity index (χ4v) is 2.17. The van der Waals surface area contributed by atoms with Gasteiger partial charge < -0.3 is 9.29 Å². The molecular weight excluding hydrogens is 236 g/mol. The molecule has 1 N–H and O–H groups in total. The van der Waals surface area contributed by atoms with Crippen LogP contribution in [0.1, 0.15) is 0 Å². The van der Waals surface area contributed by atoms with Crippen molar-refractivity contribution in [2.24, 2.45) is 0 Å². The lowest BCUT2D eigenvalue weighted by atomic mass is 10.1. The zero-order chi connectivity index (χ0) is 12.3. The Morgan fingerprint density at radius 2 is 1.76 bits per heavy atom. The van der Waals surface area contributed by atoms with E-state index in [1.54, 1.807) is 12.1 Å². The van der Waals surface area contributed by atoms with Crippen LogP contribution >= 0.6 is 0 Å². The third kappa shape index (κ3) is 2.54. The van der Waals surface area contributed by atoms with Crippen molar-refractivity contribution in [3.8, 4) is 16.9 Å². The van der Waals surface area contributed by atoms with E-state index in [4.69, 9.17) is 4.74 Å². The first kappa shape index (κ1) is 11.8. The highest BCUT2D eigenvalue weighted by Gasteiger charge is 2.10. The minimum atomic E-state index is -2.05. The van der Waals surface area contributed by atoms with Crippen molar-refractivity contribution in [3.05, 3.63) is 48.5 Å². The lowest BCUT2D eigenvalue weighted by Gasteiger charge is -2.08. The topological polar surface area (TPSA) is 46.5 Å².